The van der Waals surface area contributed by atoms with E-state index in [1.807, 2.05) is 0 Å². The van der Waals surface area contributed by atoms with Gasteiger partial charge in [0.15, 0.2) is 6.10 Å². The van der Waals surface area contributed by atoms with Crippen molar-refractivity contribution < 1.29 is 19.7 Å². The van der Waals surface area contributed by atoms with Crippen molar-refractivity contribution in [1.82, 2.24) is 0 Å². The number of aliphatic hydroxyl groups is 2. The van der Waals surface area contributed by atoms with E-state index in [1.165, 1.54) is 76.9 Å². The third-order valence-electron chi connectivity index (χ3n) is 3.95. The number of aliphatic hydroxyl groups excluding tert-OH is 2. The molecule has 0 spiro atoms. The van der Waals surface area contributed by atoms with Crippen LogP contribution in [0.4, 0.5) is 0 Å². The first-order valence-electron chi connectivity index (χ1n) is 9.36. The van der Waals surface area contributed by atoms with Gasteiger partial charge in [-0.2, -0.15) is 0 Å². The van der Waals surface area contributed by atoms with E-state index in [-0.39, 0.29) is 0 Å². The van der Waals surface area contributed by atoms with Crippen LogP contribution in [-0.4, -0.2) is 28.9 Å². The van der Waals surface area contributed by atoms with E-state index in [4.69, 9.17) is 10.2 Å². The van der Waals surface area contributed by atoms with Crippen LogP contribution in [0.1, 0.15) is 90.4 Å². The Morgan fingerprint density at radius 1 is 0.913 bits per heavy atom. The van der Waals surface area contributed by atoms with Crippen molar-refractivity contribution in [2.75, 3.05) is 6.61 Å². The van der Waals surface area contributed by atoms with Crippen LogP contribution < -0.4 is 0 Å². The van der Waals surface area contributed by atoms with Crippen LogP contribution in [0.15, 0.2) is 12.3 Å². The Balaban J connectivity index is 3.20. The molecule has 0 aromatic heterocycles. The fraction of sp³-hybridized carbons (Fsp3) is 0.842. The van der Waals surface area contributed by atoms with Gasteiger partial charge in [0, 0.05) is 0 Å². The van der Waals surface area contributed by atoms with Crippen LogP contribution in [-0.2, 0) is 9.53 Å². The van der Waals surface area contributed by atoms with Crippen LogP contribution in [0.25, 0.3) is 0 Å². The predicted molar refractivity (Wildman–Crippen MR) is 94.0 cm³/mol. The molecule has 2 N–H and O–H groups in total. The summed E-state index contributed by atoms with van der Waals surface area (Å²) >= 11 is 0. The maximum atomic E-state index is 11.0. The Hall–Kier alpha value is -0.870. The minimum absolute atomic E-state index is 0.606. The van der Waals surface area contributed by atoms with Crippen molar-refractivity contribution in [3.8, 4) is 0 Å². The lowest BCUT2D eigenvalue weighted by atomic mass is 10.0. The molecule has 136 valence electrons. The summed E-state index contributed by atoms with van der Waals surface area (Å²) in [6, 6.07) is 0. The third kappa shape index (κ3) is 15.8. The molecular weight excluding hydrogens is 292 g/mol. The van der Waals surface area contributed by atoms with Crippen molar-refractivity contribution >= 4 is 5.97 Å². The number of ether oxygens (including phenoxy) is 1. The van der Waals surface area contributed by atoms with Gasteiger partial charge in [0.1, 0.15) is 0 Å². The molecule has 0 amide bonds. The average Bonchev–Trinajstić information content (AvgIpc) is 2.57. The summed E-state index contributed by atoms with van der Waals surface area (Å²) in [7, 11) is 0. The normalized spacial score (nSPS) is 12.7. The maximum absolute atomic E-state index is 11.0. The zero-order valence-electron chi connectivity index (χ0n) is 14.8. The number of carbonyl (C=O) groups is 1. The van der Waals surface area contributed by atoms with E-state index < -0.39 is 18.7 Å². The molecule has 4 nitrogen and oxygen atoms in total. The van der Waals surface area contributed by atoms with Crippen molar-refractivity contribution in [2.45, 2.75) is 96.5 Å². The Kier molecular flexibility index (Phi) is 16.8. The summed E-state index contributed by atoms with van der Waals surface area (Å²) in [5, 5.41) is 17.5. The van der Waals surface area contributed by atoms with Crippen LogP contribution in [0.5, 0.6) is 0 Å². The van der Waals surface area contributed by atoms with Crippen LogP contribution in [0.3, 0.4) is 0 Å². The molecule has 23 heavy (non-hydrogen) atoms. The van der Waals surface area contributed by atoms with E-state index >= 15 is 0 Å². The number of hydrogen-bond donors (Lipinski definition) is 2. The van der Waals surface area contributed by atoms with Crippen LogP contribution >= 0.6 is 0 Å². The highest BCUT2D eigenvalue weighted by Crippen LogP contribution is 2.12. The van der Waals surface area contributed by atoms with Crippen molar-refractivity contribution in [2.24, 2.45) is 0 Å². The highest BCUT2D eigenvalue weighted by molar-refractivity contribution is 5.74. The molecule has 1 unspecified atom stereocenters. The molecule has 4 heteroatoms. The van der Waals surface area contributed by atoms with Crippen LogP contribution in [0, 0.1) is 0 Å². The van der Waals surface area contributed by atoms with Gasteiger partial charge in [-0.3, -0.25) is 0 Å². The highest BCUT2D eigenvalue weighted by atomic mass is 16.5. The van der Waals surface area contributed by atoms with Gasteiger partial charge in [-0.15, -0.1) is 0 Å². The van der Waals surface area contributed by atoms with Gasteiger partial charge >= 0.3 is 5.97 Å². The van der Waals surface area contributed by atoms with Crippen LogP contribution in [0.2, 0.25) is 0 Å². The number of allylic oxidation sites excluding steroid dienone is 1. The second kappa shape index (κ2) is 17.5. The standard InChI is InChI=1S/C19H36O4/c1-2-3-4-5-6-7-8-9-10-11-12-13-14-15-16-23-19(22)18(21)17-20/h15-16,18,20-21H,2-14,17H2,1H3/b16-15+. The smallest absolute Gasteiger partial charge is 0.342 e. The molecule has 0 saturated heterocycles. The number of rotatable bonds is 16. The largest absolute Gasteiger partial charge is 0.433 e. The molecule has 1 atom stereocenters. The fourth-order valence-electron chi connectivity index (χ4n) is 2.44. The van der Waals surface area contributed by atoms with Gasteiger partial charge in [0.2, 0.25) is 0 Å². The minimum atomic E-state index is -1.44. The number of hydrogen-bond acceptors (Lipinski definition) is 4. The Labute approximate surface area is 141 Å². The molecular formula is C19H36O4. The van der Waals surface area contributed by atoms with E-state index in [0.29, 0.717) is 0 Å². The molecule has 0 aromatic carbocycles. The van der Waals surface area contributed by atoms with Crippen molar-refractivity contribution in [1.29, 1.82) is 0 Å². The monoisotopic (exact) mass is 328 g/mol. The minimum Gasteiger partial charge on any atom is -0.433 e. The van der Waals surface area contributed by atoms with Crippen molar-refractivity contribution in [3.63, 3.8) is 0 Å². The lowest BCUT2D eigenvalue weighted by Crippen LogP contribution is -2.24. The molecule has 0 saturated carbocycles. The van der Waals surface area contributed by atoms with Gasteiger partial charge in [-0.25, -0.2) is 4.79 Å². The summed E-state index contributed by atoms with van der Waals surface area (Å²) in [5.41, 5.74) is 0. The predicted octanol–water partition coefficient (Wildman–Crippen LogP) is 4.49. The molecule has 0 heterocycles. The SMILES string of the molecule is CCCCCCCCCCCCCC/C=C/OC(=O)C(O)CO. The molecule has 0 fully saturated rings. The maximum Gasteiger partial charge on any atom is 0.342 e. The first-order chi connectivity index (χ1) is 11.2. The summed E-state index contributed by atoms with van der Waals surface area (Å²) in [6.45, 7) is 1.65. The molecule has 0 rings (SSSR count). The van der Waals surface area contributed by atoms with E-state index in [9.17, 15) is 4.79 Å². The summed E-state index contributed by atoms with van der Waals surface area (Å²) < 4.78 is 4.67. The lowest BCUT2D eigenvalue weighted by molar-refractivity contribution is -0.149. The van der Waals surface area contributed by atoms with Gasteiger partial charge in [0.25, 0.3) is 0 Å². The summed E-state index contributed by atoms with van der Waals surface area (Å²) in [6.07, 6.45) is 18.4. The Morgan fingerprint density at radius 2 is 1.39 bits per heavy atom. The van der Waals surface area contributed by atoms with Gasteiger partial charge < -0.3 is 14.9 Å². The highest BCUT2D eigenvalue weighted by Gasteiger charge is 2.13. The van der Waals surface area contributed by atoms with Crippen molar-refractivity contribution in [3.05, 3.63) is 12.3 Å². The molecule has 0 aromatic rings. The first-order valence-corrected chi connectivity index (χ1v) is 9.36. The second-order valence-electron chi connectivity index (χ2n) is 6.18. The second-order valence-corrected chi connectivity index (χ2v) is 6.18. The van der Waals surface area contributed by atoms with Gasteiger partial charge in [-0.1, -0.05) is 77.6 Å². The number of unbranched alkanes of at least 4 members (excludes halogenated alkanes) is 12. The topological polar surface area (TPSA) is 66.8 Å². The Morgan fingerprint density at radius 3 is 1.87 bits per heavy atom. The molecule has 0 aliphatic rings. The zero-order chi connectivity index (χ0) is 17.2. The molecule has 0 aliphatic carbocycles. The molecule has 0 aliphatic heterocycles. The van der Waals surface area contributed by atoms with E-state index in [1.54, 1.807) is 6.08 Å². The molecule has 0 bridgehead atoms. The summed E-state index contributed by atoms with van der Waals surface area (Å²) in [4.78, 5) is 11.0. The van der Waals surface area contributed by atoms with Gasteiger partial charge in [0.05, 0.1) is 12.9 Å². The Bertz CT molecular complexity index is 289. The fourth-order valence-corrected chi connectivity index (χ4v) is 2.44. The quantitative estimate of drug-likeness (QED) is 0.249. The average molecular weight is 328 g/mol. The number of esters is 1. The molecule has 0 radical (unpaired) electrons. The van der Waals surface area contributed by atoms with Gasteiger partial charge in [-0.05, 0) is 18.9 Å². The zero-order valence-corrected chi connectivity index (χ0v) is 14.8. The third-order valence-corrected chi connectivity index (χ3v) is 3.95. The summed E-state index contributed by atoms with van der Waals surface area (Å²) in [5.74, 6) is -0.807. The van der Waals surface area contributed by atoms with E-state index in [0.717, 1.165) is 12.8 Å². The first kappa shape index (κ1) is 22.1. The van der Waals surface area contributed by atoms with E-state index in [2.05, 4.69) is 11.7 Å². The number of carbonyl (C=O) groups excluding carboxylic acids is 1. The lowest BCUT2D eigenvalue weighted by Gasteiger charge is -2.03.